The zero-order chi connectivity index (χ0) is 18.5. The molecule has 0 bridgehead atoms. The van der Waals surface area contributed by atoms with Crippen LogP contribution in [0, 0.1) is 11.3 Å². The molecule has 3 aromatic rings. The molecule has 0 aliphatic heterocycles. The molecule has 2 heterocycles. The van der Waals surface area contributed by atoms with Crippen molar-refractivity contribution in [3.05, 3.63) is 54.2 Å². The Kier molecular flexibility index (Phi) is 4.94. The van der Waals surface area contributed by atoms with E-state index in [0.717, 1.165) is 16.6 Å². The summed E-state index contributed by atoms with van der Waals surface area (Å²) < 4.78 is 0. The molecule has 0 saturated heterocycles. The summed E-state index contributed by atoms with van der Waals surface area (Å²) in [6, 6.07) is 14.4. The number of rotatable bonds is 6. The van der Waals surface area contributed by atoms with Gasteiger partial charge in [-0.25, -0.2) is 4.98 Å². The molecule has 0 radical (unpaired) electrons. The van der Waals surface area contributed by atoms with E-state index < -0.39 is 11.9 Å². The van der Waals surface area contributed by atoms with Crippen molar-refractivity contribution in [3.8, 4) is 6.07 Å². The second-order valence-corrected chi connectivity index (χ2v) is 5.75. The summed E-state index contributed by atoms with van der Waals surface area (Å²) in [4.78, 5) is 20.1. The van der Waals surface area contributed by atoms with Crippen molar-refractivity contribution in [2.45, 2.75) is 19.4 Å². The van der Waals surface area contributed by atoms with Crippen LogP contribution in [0.25, 0.3) is 10.9 Å². The van der Waals surface area contributed by atoms with E-state index in [9.17, 15) is 10.1 Å². The van der Waals surface area contributed by atoms with E-state index in [0.29, 0.717) is 23.6 Å². The molecule has 3 rings (SSSR count). The lowest BCUT2D eigenvalue weighted by Gasteiger charge is -2.15. The third-order valence-corrected chi connectivity index (χ3v) is 3.96. The molecule has 4 N–H and O–H groups in total. The van der Waals surface area contributed by atoms with Gasteiger partial charge in [0, 0.05) is 17.3 Å². The smallest absolute Gasteiger partial charge is 0.239 e. The Balaban J connectivity index is 1.90. The van der Waals surface area contributed by atoms with E-state index in [1.807, 2.05) is 37.3 Å². The van der Waals surface area contributed by atoms with Gasteiger partial charge < -0.3 is 16.4 Å². The Hall–Kier alpha value is -3.66. The fourth-order valence-electron chi connectivity index (χ4n) is 2.57. The van der Waals surface area contributed by atoms with Crippen LogP contribution >= 0.6 is 0 Å². The average Bonchev–Trinajstić information content (AvgIpc) is 2.66. The number of fused-ring (bicyclic) bond motifs is 1. The quantitative estimate of drug-likeness (QED) is 0.632. The van der Waals surface area contributed by atoms with E-state index in [4.69, 9.17) is 5.73 Å². The van der Waals surface area contributed by atoms with E-state index in [1.165, 1.54) is 0 Å². The van der Waals surface area contributed by atoms with Gasteiger partial charge in [0.05, 0.1) is 11.1 Å². The monoisotopic (exact) mass is 346 g/mol. The van der Waals surface area contributed by atoms with Gasteiger partial charge in [0.15, 0.2) is 5.82 Å². The first kappa shape index (κ1) is 17.2. The minimum Gasteiger partial charge on any atom is -0.368 e. The number of hydrogen-bond donors (Lipinski definition) is 3. The standard InChI is InChI=1S/C19H18N6O/c1-2-15(18(21)26)24-17-8-5-13(11-20)19(25-17)23-14-6-7-16-12(10-14)4-3-9-22-16/h3-10,15H,2H2,1H3,(H2,21,26)(H2,23,24,25)/t15-/m1/s1. The second kappa shape index (κ2) is 7.49. The van der Waals surface area contributed by atoms with Gasteiger partial charge in [-0.15, -0.1) is 0 Å². The van der Waals surface area contributed by atoms with Crippen LogP contribution in [0.3, 0.4) is 0 Å². The van der Waals surface area contributed by atoms with Crippen molar-refractivity contribution in [2.75, 3.05) is 10.6 Å². The van der Waals surface area contributed by atoms with Crippen molar-refractivity contribution >= 4 is 34.1 Å². The predicted octanol–water partition coefficient (Wildman–Crippen LogP) is 2.92. The van der Waals surface area contributed by atoms with Crippen molar-refractivity contribution in [2.24, 2.45) is 5.73 Å². The molecule has 0 fully saturated rings. The maximum absolute atomic E-state index is 11.4. The van der Waals surface area contributed by atoms with Crippen LogP contribution in [0.5, 0.6) is 0 Å². The molecule has 1 atom stereocenters. The molecule has 7 heteroatoms. The summed E-state index contributed by atoms with van der Waals surface area (Å²) in [5.41, 5.74) is 7.43. The normalized spacial score (nSPS) is 11.5. The van der Waals surface area contributed by atoms with E-state index in [2.05, 4.69) is 26.7 Å². The number of primary amides is 1. The first-order chi connectivity index (χ1) is 12.6. The van der Waals surface area contributed by atoms with Crippen LogP contribution in [-0.4, -0.2) is 21.9 Å². The highest BCUT2D eigenvalue weighted by molar-refractivity contribution is 5.84. The van der Waals surface area contributed by atoms with Crippen LogP contribution in [0.15, 0.2) is 48.7 Å². The number of carbonyl (C=O) groups excluding carboxylic acids is 1. The molecule has 2 aromatic heterocycles. The molecule has 130 valence electrons. The summed E-state index contributed by atoms with van der Waals surface area (Å²) in [7, 11) is 0. The zero-order valence-corrected chi connectivity index (χ0v) is 14.2. The van der Waals surface area contributed by atoms with Gasteiger partial charge >= 0.3 is 0 Å². The van der Waals surface area contributed by atoms with Crippen LogP contribution in [-0.2, 0) is 4.79 Å². The molecular weight excluding hydrogens is 328 g/mol. The minimum absolute atomic E-state index is 0.397. The van der Waals surface area contributed by atoms with Gasteiger partial charge in [0.2, 0.25) is 5.91 Å². The van der Waals surface area contributed by atoms with Crippen molar-refractivity contribution in [1.29, 1.82) is 5.26 Å². The molecule has 7 nitrogen and oxygen atoms in total. The van der Waals surface area contributed by atoms with Gasteiger partial charge in [0.25, 0.3) is 0 Å². The Bertz CT molecular complexity index is 995. The Morgan fingerprint density at radius 3 is 2.88 bits per heavy atom. The number of nitrogens with two attached hydrogens (primary N) is 1. The number of pyridine rings is 2. The Morgan fingerprint density at radius 1 is 1.31 bits per heavy atom. The highest BCUT2D eigenvalue weighted by Crippen LogP contribution is 2.24. The van der Waals surface area contributed by atoms with Gasteiger partial charge in [-0.3, -0.25) is 9.78 Å². The SMILES string of the molecule is CC[C@@H](Nc1ccc(C#N)c(Nc2ccc3ncccc3c2)n1)C(N)=O. The number of nitrogens with one attached hydrogen (secondary N) is 2. The van der Waals surface area contributed by atoms with Gasteiger partial charge in [0.1, 0.15) is 17.9 Å². The first-order valence-electron chi connectivity index (χ1n) is 8.19. The summed E-state index contributed by atoms with van der Waals surface area (Å²) in [5, 5.41) is 16.5. The number of nitriles is 1. The van der Waals surface area contributed by atoms with E-state index in [-0.39, 0.29) is 0 Å². The number of benzene rings is 1. The zero-order valence-electron chi connectivity index (χ0n) is 14.2. The molecule has 26 heavy (non-hydrogen) atoms. The van der Waals surface area contributed by atoms with Gasteiger partial charge in [-0.05, 0) is 42.8 Å². The van der Waals surface area contributed by atoms with Crippen LogP contribution in [0.1, 0.15) is 18.9 Å². The highest BCUT2D eigenvalue weighted by atomic mass is 16.1. The number of anilines is 3. The maximum atomic E-state index is 11.4. The molecule has 0 unspecified atom stereocenters. The van der Waals surface area contributed by atoms with Gasteiger partial charge in [-0.2, -0.15) is 5.26 Å². The third kappa shape index (κ3) is 3.70. The molecule has 1 amide bonds. The number of amides is 1. The molecule has 0 spiro atoms. The molecular formula is C19H18N6O. The van der Waals surface area contributed by atoms with Gasteiger partial charge in [-0.1, -0.05) is 13.0 Å². The fraction of sp³-hybridized carbons (Fsp3) is 0.158. The average molecular weight is 346 g/mol. The lowest BCUT2D eigenvalue weighted by atomic mass is 10.2. The van der Waals surface area contributed by atoms with Crippen molar-refractivity contribution < 1.29 is 4.79 Å². The van der Waals surface area contributed by atoms with E-state index in [1.54, 1.807) is 18.3 Å². The maximum Gasteiger partial charge on any atom is 0.239 e. The third-order valence-electron chi connectivity index (χ3n) is 3.96. The minimum atomic E-state index is -0.518. The summed E-state index contributed by atoms with van der Waals surface area (Å²) >= 11 is 0. The summed E-state index contributed by atoms with van der Waals surface area (Å²) in [6.07, 6.45) is 2.28. The van der Waals surface area contributed by atoms with Crippen molar-refractivity contribution in [3.63, 3.8) is 0 Å². The highest BCUT2D eigenvalue weighted by Gasteiger charge is 2.14. The predicted molar refractivity (Wildman–Crippen MR) is 101 cm³/mol. The van der Waals surface area contributed by atoms with E-state index >= 15 is 0 Å². The Morgan fingerprint density at radius 2 is 2.15 bits per heavy atom. The first-order valence-corrected chi connectivity index (χ1v) is 8.19. The Labute approximate surface area is 150 Å². The molecule has 1 aromatic carbocycles. The lowest BCUT2D eigenvalue weighted by Crippen LogP contribution is -2.35. The molecule has 0 saturated carbocycles. The van der Waals surface area contributed by atoms with Crippen molar-refractivity contribution in [1.82, 2.24) is 9.97 Å². The van der Waals surface area contributed by atoms with Crippen LogP contribution in [0.2, 0.25) is 0 Å². The number of hydrogen-bond acceptors (Lipinski definition) is 6. The summed E-state index contributed by atoms with van der Waals surface area (Å²) in [5.74, 6) is 0.426. The topological polar surface area (TPSA) is 117 Å². The van der Waals surface area contributed by atoms with Crippen LogP contribution in [0.4, 0.5) is 17.3 Å². The van der Waals surface area contributed by atoms with Crippen LogP contribution < -0.4 is 16.4 Å². The number of carbonyl (C=O) groups is 1. The lowest BCUT2D eigenvalue weighted by molar-refractivity contribution is -0.118. The fourth-order valence-corrected chi connectivity index (χ4v) is 2.57. The number of nitrogens with zero attached hydrogens (tertiary/aromatic N) is 3. The summed E-state index contributed by atoms with van der Waals surface area (Å²) in [6.45, 7) is 1.86. The second-order valence-electron chi connectivity index (χ2n) is 5.75. The molecule has 0 aliphatic carbocycles. The number of aromatic nitrogens is 2. The largest absolute Gasteiger partial charge is 0.368 e. The molecule has 0 aliphatic rings.